The summed E-state index contributed by atoms with van der Waals surface area (Å²) >= 11 is 5.86. The number of aliphatic hydroxyl groups is 1. The molecule has 2 nitrogen and oxygen atoms in total. The minimum absolute atomic E-state index is 0.218. The Morgan fingerprint density at radius 2 is 2.06 bits per heavy atom. The molecule has 0 saturated carbocycles. The molecule has 2 atom stereocenters. The van der Waals surface area contributed by atoms with Crippen LogP contribution in [0.5, 0.6) is 0 Å². The van der Waals surface area contributed by atoms with Crippen LogP contribution in [0, 0.1) is 5.92 Å². The highest BCUT2D eigenvalue weighted by atomic mass is 35.5. The van der Waals surface area contributed by atoms with Gasteiger partial charge in [-0.2, -0.15) is 0 Å². The van der Waals surface area contributed by atoms with Crippen LogP contribution in [0.2, 0.25) is 0 Å². The molecule has 0 radical (unpaired) electrons. The topological polar surface area (TPSA) is 23.5 Å². The molecule has 0 spiro atoms. The lowest BCUT2D eigenvalue weighted by Crippen LogP contribution is -2.43. The third kappa shape index (κ3) is 2.97. The maximum absolute atomic E-state index is 9.74. The summed E-state index contributed by atoms with van der Waals surface area (Å²) in [7, 11) is 0. The van der Waals surface area contributed by atoms with Crippen molar-refractivity contribution in [3.8, 4) is 0 Å². The van der Waals surface area contributed by atoms with Crippen LogP contribution in [-0.2, 0) is 6.54 Å². The van der Waals surface area contributed by atoms with Crippen molar-refractivity contribution < 1.29 is 5.11 Å². The van der Waals surface area contributed by atoms with Crippen molar-refractivity contribution in [3.05, 3.63) is 35.9 Å². The van der Waals surface area contributed by atoms with E-state index in [0.29, 0.717) is 5.88 Å². The van der Waals surface area contributed by atoms with Gasteiger partial charge in [0.15, 0.2) is 0 Å². The SMILES string of the molecule is O[C@H]1CCN(Cc2ccccc2)C[C@@H]1CCl. The van der Waals surface area contributed by atoms with Gasteiger partial charge in [0.2, 0.25) is 0 Å². The first-order valence-electron chi connectivity index (χ1n) is 5.80. The number of halogens is 1. The standard InChI is InChI=1S/C13H18ClNO/c14-8-12-10-15(7-6-13(12)16)9-11-4-2-1-3-5-11/h1-5,12-13,16H,6-10H2/t12-,13-/m0/s1. The van der Waals surface area contributed by atoms with Crippen LogP contribution in [0.25, 0.3) is 0 Å². The molecule has 1 fully saturated rings. The zero-order chi connectivity index (χ0) is 11.4. The smallest absolute Gasteiger partial charge is 0.0604 e. The Morgan fingerprint density at radius 1 is 1.31 bits per heavy atom. The van der Waals surface area contributed by atoms with E-state index in [1.165, 1.54) is 5.56 Å². The lowest BCUT2D eigenvalue weighted by atomic mass is 9.96. The van der Waals surface area contributed by atoms with Crippen LogP contribution in [0.1, 0.15) is 12.0 Å². The van der Waals surface area contributed by atoms with Crippen LogP contribution in [0.4, 0.5) is 0 Å². The second-order valence-corrected chi connectivity index (χ2v) is 4.80. The second-order valence-electron chi connectivity index (χ2n) is 4.49. The van der Waals surface area contributed by atoms with E-state index in [1.807, 2.05) is 6.07 Å². The van der Waals surface area contributed by atoms with Gasteiger partial charge in [0.1, 0.15) is 0 Å². The highest BCUT2D eigenvalue weighted by molar-refractivity contribution is 6.18. The monoisotopic (exact) mass is 239 g/mol. The average Bonchev–Trinajstić information content (AvgIpc) is 2.33. The van der Waals surface area contributed by atoms with Crippen molar-refractivity contribution in [2.24, 2.45) is 5.92 Å². The summed E-state index contributed by atoms with van der Waals surface area (Å²) in [6.07, 6.45) is 0.619. The van der Waals surface area contributed by atoms with Gasteiger partial charge in [-0.3, -0.25) is 4.90 Å². The predicted molar refractivity (Wildman–Crippen MR) is 66.6 cm³/mol. The molecular formula is C13H18ClNO. The van der Waals surface area contributed by atoms with Gasteiger partial charge in [-0.05, 0) is 12.0 Å². The van der Waals surface area contributed by atoms with Gasteiger partial charge in [0.25, 0.3) is 0 Å². The summed E-state index contributed by atoms with van der Waals surface area (Å²) in [5.41, 5.74) is 1.33. The molecule has 3 heteroatoms. The van der Waals surface area contributed by atoms with Crippen molar-refractivity contribution in [3.63, 3.8) is 0 Å². The Balaban J connectivity index is 1.92. The summed E-state index contributed by atoms with van der Waals surface area (Å²) in [5, 5.41) is 9.74. The predicted octanol–water partition coefficient (Wildman–Crippen LogP) is 2.11. The van der Waals surface area contributed by atoms with Crippen molar-refractivity contribution >= 4 is 11.6 Å². The summed E-state index contributed by atoms with van der Waals surface area (Å²) in [4.78, 5) is 2.37. The Labute approximate surface area is 102 Å². The fourth-order valence-corrected chi connectivity index (χ4v) is 2.54. The number of piperidine rings is 1. The molecule has 1 aliphatic heterocycles. The van der Waals surface area contributed by atoms with Crippen molar-refractivity contribution in [2.75, 3.05) is 19.0 Å². The molecule has 0 bridgehead atoms. The maximum Gasteiger partial charge on any atom is 0.0604 e. The Morgan fingerprint density at radius 3 is 2.75 bits per heavy atom. The van der Waals surface area contributed by atoms with Gasteiger partial charge in [-0.1, -0.05) is 30.3 Å². The summed E-state index contributed by atoms with van der Waals surface area (Å²) < 4.78 is 0. The molecule has 0 amide bonds. The lowest BCUT2D eigenvalue weighted by Gasteiger charge is -2.35. The van der Waals surface area contributed by atoms with Crippen molar-refractivity contribution in [1.29, 1.82) is 0 Å². The second kappa shape index (κ2) is 5.67. The van der Waals surface area contributed by atoms with Gasteiger partial charge in [0.05, 0.1) is 6.10 Å². The summed E-state index contributed by atoms with van der Waals surface area (Å²) in [5.74, 6) is 0.769. The van der Waals surface area contributed by atoms with Crippen LogP contribution < -0.4 is 0 Å². The number of nitrogens with zero attached hydrogens (tertiary/aromatic N) is 1. The number of hydrogen-bond donors (Lipinski definition) is 1. The highest BCUT2D eigenvalue weighted by Gasteiger charge is 2.26. The fourth-order valence-electron chi connectivity index (χ4n) is 2.23. The lowest BCUT2D eigenvalue weighted by molar-refractivity contribution is 0.0335. The Hall–Kier alpha value is -0.570. The normalized spacial score (nSPS) is 26.9. The minimum atomic E-state index is -0.218. The van der Waals surface area contributed by atoms with E-state index in [4.69, 9.17) is 11.6 Å². The molecule has 1 aliphatic rings. The first kappa shape index (κ1) is 11.9. The van der Waals surface area contributed by atoms with Gasteiger partial charge >= 0.3 is 0 Å². The molecule has 1 saturated heterocycles. The Kier molecular flexibility index (Phi) is 4.22. The number of rotatable bonds is 3. The van der Waals surface area contributed by atoms with Crippen LogP contribution in [0.3, 0.4) is 0 Å². The quantitative estimate of drug-likeness (QED) is 0.817. The zero-order valence-electron chi connectivity index (χ0n) is 9.35. The number of alkyl halides is 1. The van der Waals surface area contributed by atoms with Gasteiger partial charge < -0.3 is 5.11 Å². The molecule has 0 aliphatic carbocycles. The third-order valence-electron chi connectivity index (χ3n) is 3.23. The Bertz CT molecular complexity index is 317. The van der Waals surface area contributed by atoms with Crippen molar-refractivity contribution in [2.45, 2.75) is 19.1 Å². The van der Waals surface area contributed by atoms with Gasteiger partial charge in [-0.15, -0.1) is 11.6 Å². The van der Waals surface area contributed by atoms with Crippen LogP contribution in [0.15, 0.2) is 30.3 Å². The fraction of sp³-hybridized carbons (Fsp3) is 0.538. The molecule has 2 rings (SSSR count). The largest absolute Gasteiger partial charge is 0.393 e. The molecule has 16 heavy (non-hydrogen) atoms. The number of likely N-dealkylation sites (tertiary alicyclic amines) is 1. The maximum atomic E-state index is 9.74. The van der Waals surface area contributed by atoms with Crippen molar-refractivity contribution in [1.82, 2.24) is 4.90 Å². The minimum Gasteiger partial charge on any atom is -0.393 e. The van der Waals surface area contributed by atoms with Gasteiger partial charge in [-0.25, -0.2) is 0 Å². The summed E-state index contributed by atoms with van der Waals surface area (Å²) in [6.45, 7) is 2.82. The number of aliphatic hydroxyl groups excluding tert-OH is 1. The summed E-state index contributed by atoms with van der Waals surface area (Å²) in [6, 6.07) is 10.4. The average molecular weight is 240 g/mol. The van der Waals surface area contributed by atoms with E-state index in [1.54, 1.807) is 0 Å². The molecule has 0 unspecified atom stereocenters. The van der Waals surface area contributed by atoms with E-state index >= 15 is 0 Å². The van der Waals surface area contributed by atoms with Crippen LogP contribution in [-0.4, -0.2) is 35.1 Å². The molecular weight excluding hydrogens is 222 g/mol. The van der Waals surface area contributed by atoms with E-state index in [-0.39, 0.29) is 12.0 Å². The molecule has 1 N–H and O–H groups in total. The van der Waals surface area contributed by atoms with E-state index in [0.717, 1.165) is 26.1 Å². The van der Waals surface area contributed by atoms with E-state index < -0.39 is 0 Å². The third-order valence-corrected chi connectivity index (χ3v) is 3.62. The highest BCUT2D eigenvalue weighted by Crippen LogP contribution is 2.20. The molecule has 0 aromatic heterocycles. The number of benzene rings is 1. The van der Waals surface area contributed by atoms with Crippen LogP contribution >= 0.6 is 11.6 Å². The van der Waals surface area contributed by atoms with E-state index in [9.17, 15) is 5.11 Å². The first-order chi connectivity index (χ1) is 7.79. The molecule has 1 heterocycles. The first-order valence-corrected chi connectivity index (χ1v) is 6.33. The molecule has 88 valence electrons. The zero-order valence-corrected chi connectivity index (χ0v) is 10.1. The number of hydrogen-bond acceptors (Lipinski definition) is 2. The van der Waals surface area contributed by atoms with E-state index in [2.05, 4.69) is 29.2 Å². The van der Waals surface area contributed by atoms with Gasteiger partial charge in [0, 0.05) is 31.4 Å². The molecule has 1 aromatic carbocycles. The molecule has 1 aromatic rings.